The van der Waals surface area contributed by atoms with Crippen LogP contribution < -0.4 is 14.2 Å². The number of hydrogen-bond donors (Lipinski definition) is 0. The van der Waals surface area contributed by atoms with Crippen LogP contribution in [0.4, 0.5) is 0 Å². The van der Waals surface area contributed by atoms with E-state index in [2.05, 4.69) is 0 Å². The highest BCUT2D eigenvalue weighted by atomic mass is 35.5. The summed E-state index contributed by atoms with van der Waals surface area (Å²) in [6.07, 6.45) is 0.141. The van der Waals surface area contributed by atoms with Crippen LogP contribution in [-0.4, -0.2) is 19.2 Å². The lowest BCUT2D eigenvalue weighted by molar-refractivity contribution is -0.133. The largest absolute Gasteiger partial charge is 0.486 e. The zero-order chi connectivity index (χ0) is 14.7. The molecule has 21 heavy (non-hydrogen) atoms. The second-order valence-electron chi connectivity index (χ2n) is 4.56. The van der Waals surface area contributed by atoms with Crippen LogP contribution in [0.3, 0.4) is 0 Å². The topological polar surface area (TPSA) is 44.8 Å². The number of esters is 1. The highest BCUT2D eigenvalue weighted by Gasteiger charge is 2.14. The van der Waals surface area contributed by atoms with Gasteiger partial charge in [0, 0.05) is 0 Å². The molecule has 2 aromatic carbocycles. The van der Waals surface area contributed by atoms with E-state index in [1.54, 1.807) is 36.4 Å². The van der Waals surface area contributed by atoms with Gasteiger partial charge in [-0.2, -0.15) is 0 Å². The maximum absolute atomic E-state index is 11.9. The Kier molecular flexibility index (Phi) is 3.97. The summed E-state index contributed by atoms with van der Waals surface area (Å²) in [5.74, 6) is 1.34. The van der Waals surface area contributed by atoms with Crippen molar-refractivity contribution in [1.82, 2.24) is 0 Å². The Hall–Kier alpha value is -2.20. The van der Waals surface area contributed by atoms with E-state index >= 15 is 0 Å². The summed E-state index contributed by atoms with van der Waals surface area (Å²) in [6, 6.07) is 12.3. The van der Waals surface area contributed by atoms with Crippen molar-refractivity contribution in [3.8, 4) is 17.2 Å². The third kappa shape index (κ3) is 3.28. The van der Waals surface area contributed by atoms with Crippen LogP contribution in [0.2, 0.25) is 5.02 Å². The molecule has 0 amide bonds. The number of fused-ring (bicyclic) bond motifs is 1. The molecule has 0 aromatic heterocycles. The van der Waals surface area contributed by atoms with Crippen LogP contribution in [0, 0.1) is 0 Å². The highest BCUT2D eigenvalue weighted by molar-refractivity contribution is 6.32. The quantitative estimate of drug-likeness (QED) is 0.645. The molecule has 2 aromatic rings. The van der Waals surface area contributed by atoms with Gasteiger partial charge in [-0.3, -0.25) is 4.79 Å². The fourth-order valence-electron chi connectivity index (χ4n) is 2.05. The van der Waals surface area contributed by atoms with Gasteiger partial charge in [0.2, 0.25) is 0 Å². The molecule has 3 rings (SSSR count). The summed E-state index contributed by atoms with van der Waals surface area (Å²) < 4.78 is 16.2. The second-order valence-corrected chi connectivity index (χ2v) is 4.97. The lowest BCUT2D eigenvalue weighted by Crippen LogP contribution is -2.16. The summed E-state index contributed by atoms with van der Waals surface area (Å²) in [5, 5.41) is 0.410. The summed E-state index contributed by atoms with van der Waals surface area (Å²) >= 11 is 5.95. The highest BCUT2D eigenvalue weighted by Crippen LogP contribution is 2.31. The summed E-state index contributed by atoms with van der Waals surface area (Å²) in [4.78, 5) is 11.9. The first-order chi connectivity index (χ1) is 10.2. The van der Waals surface area contributed by atoms with Crippen LogP contribution in [0.15, 0.2) is 42.5 Å². The van der Waals surface area contributed by atoms with Crippen LogP contribution in [0.5, 0.6) is 17.2 Å². The Morgan fingerprint density at radius 2 is 1.86 bits per heavy atom. The molecule has 0 fully saturated rings. The molecule has 0 spiro atoms. The third-order valence-corrected chi connectivity index (χ3v) is 3.33. The molecule has 1 aliphatic heterocycles. The zero-order valence-electron chi connectivity index (χ0n) is 11.2. The lowest BCUT2D eigenvalue weighted by Gasteiger charge is -2.18. The normalized spacial score (nSPS) is 12.8. The molecular formula is C16H13ClO4. The van der Waals surface area contributed by atoms with Gasteiger partial charge in [-0.1, -0.05) is 29.8 Å². The number of halogens is 1. The maximum atomic E-state index is 11.9. The number of benzene rings is 2. The molecule has 0 bridgehead atoms. The molecule has 108 valence electrons. The van der Waals surface area contributed by atoms with Crippen LogP contribution in [-0.2, 0) is 11.2 Å². The number of ether oxygens (including phenoxy) is 3. The second kappa shape index (κ2) is 6.06. The van der Waals surface area contributed by atoms with Gasteiger partial charge >= 0.3 is 5.97 Å². The Labute approximate surface area is 127 Å². The van der Waals surface area contributed by atoms with Crippen molar-refractivity contribution < 1.29 is 19.0 Å². The summed E-state index contributed by atoms with van der Waals surface area (Å²) in [6.45, 7) is 1.06. The van der Waals surface area contributed by atoms with Crippen molar-refractivity contribution >= 4 is 17.6 Å². The maximum Gasteiger partial charge on any atom is 0.315 e. The van der Waals surface area contributed by atoms with Crippen molar-refractivity contribution in [3.05, 3.63) is 53.1 Å². The third-order valence-electron chi connectivity index (χ3n) is 3.02. The average Bonchev–Trinajstić information content (AvgIpc) is 2.49. The van der Waals surface area contributed by atoms with E-state index in [0.717, 1.165) is 5.56 Å². The SMILES string of the molecule is O=C(Cc1ccc2c(c1)OCCO2)Oc1ccccc1Cl. The molecule has 0 saturated heterocycles. The van der Waals surface area contributed by atoms with Gasteiger partial charge in [-0.25, -0.2) is 0 Å². The van der Waals surface area contributed by atoms with Crippen molar-refractivity contribution in [1.29, 1.82) is 0 Å². The first-order valence-electron chi connectivity index (χ1n) is 6.56. The molecule has 1 heterocycles. The number of carbonyl (C=O) groups is 1. The molecule has 0 atom stereocenters. The molecule has 1 aliphatic rings. The molecule has 0 radical (unpaired) electrons. The van der Waals surface area contributed by atoms with Gasteiger partial charge in [0.1, 0.15) is 19.0 Å². The van der Waals surface area contributed by atoms with Crippen LogP contribution in [0.1, 0.15) is 5.56 Å². The first-order valence-corrected chi connectivity index (χ1v) is 6.94. The summed E-state index contributed by atoms with van der Waals surface area (Å²) in [7, 11) is 0. The van der Waals surface area contributed by atoms with Crippen molar-refractivity contribution in [2.45, 2.75) is 6.42 Å². The Balaban J connectivity index is 1.69. The van der Waals surface area contributed by atoms with E-state index in [9.17, 15) is 4.79 Å². The Morgan fingerprint density at radius 3 is 2.67 bits per heavy atom. The predicted octanol–water partition coefficient (Wildman–Crippen LogP) is 3.26. The molecule has 0 saturated carbocycles. The minimum absolute atomic E-state index is 0.141. The Bertz CT molecular complexity index is 669. The van der Waals surface area contributed by atoms with Gasteiger partial charge in [0.05, 0.1) is 11.4 Å². The monoisotopic (exact) mass is 304 g/mol. The summed E-state index contributed by atoms with van der Waals surface area (Å²) in [5.41, 5.74) is 0.802. The number of rotatable bonds is 3. The fourth-order valence-corrected chi connectivity index (χ4v) is 2.22. The van der Waals surface area contributed by atoms with Gasteiger partial charge in [-0.05, 0) is 29.8 Å². The molecule has 4 nitrogen and oxygen atoms in total. The molecule has 5 heteroatoms. The van der Waals surface area contributed by atoms with Crippen molar-refractivity contribution in [2.24, 2.45) is 0 Å². The predicted molar refractivity (Wildman–Crippen MR) is 78.2 cm³/mol. The lowest BCUT2D eigenvalue weighted by atomic mass is 10.1. The number of carbonyl (C=O) groups excluding carboxylic acids is 1. The van der Waals surface area contributed by atoms with E-state index in [-0.39, 0.29) is 12.4 Å². The van der Waals surface area contributed by atoms with Crippen LogP contribution in [0.25, 0.3) is 0 Å². The molecule has 0 aliphatic carbocycles. The van der Waals surface area contributed by atoms with Gasteiger partial charge in [0.15, 0.2) is 11.5 Å². The van der Waals surface area contributed by atoms with E-state index in [1.165, 1.54) is 0 Å². The Morgan fingerprint density at radius 1 is 1.10 bits per heavy atom. The van der Waals surface area contributed by atoms with Crippen molar-refractivity contribution in [2.75, 3.05) is 13.2 Å². The van der Waals surface area contributed by atoms with Gasteiger partial charge in [-0.15, -0.1) is 0 Å². The molecular weight excluding hydrogens is 292 g/mol. The van der Waals surface area contributed by atoms with Gasteiger partial charge < -0.3 is 14.2 Å². The van der Waals surface area contributed by atoms with Crippen molar-refractivity contribution in [3.63, 3.8) is 0 Å². The van der Waals surface area contributed by atoms with E-state index in [0.29, 0.717) is 35.5 Å². The first kappa shape index (κ1) is 13.8. The standard InChI is InChI=1S/C16H13ClO4/c17-12-3-1-2-4-13(12)21-16(18)10-11-5-6-14-15(9-11)20-8-7-19-14/h1-6,9H,7-8,10H2. The number of para-hydroxylation sites is 1. The van der Waals surface area contributed by atoms with E-state index in [1.807, 2.05) is 6.07 Å². The smallest absolute Gasteiger partial charge is 0.315 e. The average molecular weight is 305 g/mol. The minimum atomic E-state index is -0.375. The van der Waals surface area contributed by atoms with Crippen LogP contribution >= 0.6 is 11.6 Å². The molecule has 0 unspecified atom stereocenters. The fraction of sp³-hybridized carbons (Fsp3) is 0.188. The van der Waals surface area contributed by atoms with Gasteiger partial charge in [0.25, 0.3) is 0 Å². The minimum Gasteiger partial charge on any atom is -0.486 e. The number of hydrogen-bond acceptors (Lipinski definition) is 4. The zero-order valence-corrected chi connectivity index (χ0v) is 11.9. The molecule has 0 N–H and O–H groups in total. The van der Waals surface area contributed by atoms with E-state index in [4.69, 9.17) is 25.8 Å². The van der Waals surface area contributed by atoms with E-state index < -0.39 is 0 Å².